The summed E-state index contributed by atoms with van der Waals surface area (Å²) in [5, 5.41) is 8.31. The van der Waals surface area contributed by atoms with Crippen molar-refractivity contribution in [3.8, 4) is 0 Å². The number of rotatable bonds is 1. The van der Waals surface area contributed by atoms with E-state index in [2.05, 4.69) is 4.98 Å². The van der Waals surface area contributed by atoms with Crippen LogP contribution >= 0.6 is 0 Å². The van der Waals surface area contributed by atoms with Gasteiger partial charge in [0.25, 0.3) is 0 Å². The number of hydrogen-bond donors (Lipinski definition) is 1. The van der Waals surface area contributed by atoms with E-state index in [4.69, 9.17) is 5.02 Å². The van der Waals surface area contributed by atoms with Gasteiger partial charge in [-0.2, -0.15) is 4.39 Å². The lowest BCUT2D eigenvalue weighted by Crippen LogP contribution is -2.18. The van der Waals surface area contributed by atoms with E-state index in [1.165, 1.54) is 12.3 Å². The summed E-state index contributed by atoms with van der Waals surface area (Å²) in [7, 11) is 0.683. The zero-order chi connectivity index (χ0) is 6.69. The lowest BCUT2D eigenvalue weighted by molar-refractivity contribution is 0.579. The maximum atomic E-state index is 12.3. The smallest absolute Gasteiger partial charge is 0.331 e. The standard InChI is InChI=1S/C5H4BFNO/c7-5-4(6-9)2-1-3-8-5/h1-3,9H. The second-order valence-electron chi connectivity index (χ2n) is 1.51. The molecule has 1 aromatic rings. The van der Waals surface area contributed by atoms with Crippen LogP contribution in [0.3, 0.4) is 0 Å². The summed E-state index contributed by atoms with van der Waals surface area (Å²) >= 11 is 0. The van der Waals surface area contributed by atoms with E-state index >= 15 is 0 Å². The Bertz CT molecular complexity index is 206. The molecule has 0 atom stereocenters. The van der Waals surface area contributed by atoms with Gasteiger partial charge in [0, 0.05) is 11.7 Å². The summed E-state index contributed by atoms with van der Waals surface area (Å²) in [5.74, 6) is -0.653. The molecular formula is C5H4BFNO. The van der Waals surface area contributed by atoms with Crippen LogP contribution in [0.25, 0.3) is 0 Å². The van der Waals surface area contributed by atoms with Gasteiger partial charge in [-0.25, -0.2) is 4.98 Å². The third-order valence-electron chi connectivity index (χ3n) is 0.927. The zero-order valence-corrected chi connectivity index (χ0v) is 4.58. The Morgan fingerprint density at radius 3 is 2.89 bits per heavy atom. The first-order valence-electron chi connectivity index (χ1n) is 2.42. The first-order chi connectivity index (χ1) is 4.34. The summed E-state index contributed by atoms with van der Waals surface area (Å²) in [6, 6.07) is 2.98. The Hall–Kier alpha value is -0.895. The van der Waals surface area contributed by atoms with Crippen LogP contribution in [0.15, 0.2) is 18.3 Å². The van der Waals surface area contributed by atoms with Gasteiger partial charge in [0.05, 0.1) is 0 Å². The van der Waals surface area contributed by atoms with Crippen LogP contribution in [0, 0.1) is 5.95 Å². The fourth-order valence-electron chi connectivity index (χ4n) is 0.495. The van der Waals surface area contributed by atoms with Gasteiger partial charge in [-0.1, -0.05) is 6.07 Å². The average Bonchev–Trinajstić information content (AvgIpc) is 1.89. The van der Waals surface area contributed by atoms with Crippen LogP contribution in [0.2, 0.25) is 0 Å². The van der Waals surface area contributed by atoms with Gasteiger partial charge >= 0.3 is 7.48 Å². The molecule has 4 heteroatoms. The highest BCUT2D eigenvalue weighted by atomic mass is 19.1. The molecule has 1 radical (unpaired) electrons. The quantitative estimate of drug-likeness (QED) is 0.402. The topological polar surface area (TPSA) is 33.1 Å². The molecule has 0 aliphatic heterocycles. The van der Waals surface area contributed by atoms with E-state index in [-0.39, 0.29) is 5.46 Å². The Morgan fingerprint density at radius 1 is 1.67 bits per heavy atom. The fraction of sp³-hybridized carbons (Fsp3) is 0. The maximum Gasteiger partial charge on any atom is 0.331 e. The van der Waals surface area contributed by atoms with Crippen molar-refractivity contribution in [3.05, 3.63) is 24.3 Å². The molecule has 2 nitrogen and oxygen atoms in total. The highest BCUT2D eigenvalue weighted by Crippen LogP contribution is 1.83. The lowest BCUT2D eigenvalue weighted by atomic mass is 9.90. The largest absolute Gasteiger partial charge is 0.450 e. The minimum absolute atomic E-state index is 0.109. The molecule has 1 aromatic heterocycles. The van der Waals surface area contributed by atoms with Crippen molar-refractivity contribution in [1.82, 2.24) is 4.98 Å². The van der Waals surface area contributed by atoms with E-state index in [1.807, 2.05) is 0 Å². The Kier molecular flexibility index (Phi) is 1.79. The molecular weight excluding hydrogens is 120 g/mol. The minimum Gasteiger partial charge on any atom is -0.450 e. The molecule has 0 saturated carbocycles. The van der Waals surface area contributed by atoms with E-state index < -0.39 is 5.95 Å². The van der Waals surface area contributed by atoms with Crippen molar-refractivity contribution in [2.45, 2.75) is 0 Å². The Morgan fingerprint density at radius 2 is 2.44 bits per heavy atom. The Balaban J connectivity index is 3.01. The molecule has 0 amide bonds. The normalized spacial score (nSPS) is 9.11. The van der Waals surface area contributed by atoms with Crippen LogP contribution < -0.4 is 5.46 Å². The molecule has 0 aliphatic rings. The predicted octanol–water partition coefficient (Wildman–Crippen LogP) is -0.542. The number of halogens is 1. The summed E-state index contributed by atoms with van der Waals surface area (Å²) in [6.07, 6.45) is 1.32. The van der Waals surface area contributed by atoms with Gasteiger partial charge in [-0.15, -0.1) is 0 Å². The molecule has 0 aromatic carbocycles. The molecule has 0 bridgehead atoms. The lowest BCUT2D eigenvalue weighted by Gasteiger charge is -1.91. The van der Waals surface area contributed by atoms with Crippen molar-refractivity contribution >= 4 is 12.9 Å². The van der Waals surface area contributed by atoms with Crippen LogP contribution in [-0.4, -0.2) is 17.5 Å². The first kappa shape index (κ1) is 6.23. The van der Waals surface area contributed by atoms with E-state index in [0.29, 0.717) is 7.48 Å². The molecule has 9 heavy (non-hydrogen) atoms. The molecule has 0 spiro atoms. The first-order valence-corrected chi connectivity index (χ1v) is 2.42. The van der Waals surface area contributed by atoms with Crippen LogP contribution in [0.1, 0.15) is 0 Å². The van der Waals surface area contributed by atoms with Crippen molar-refractivity contribution in [2.24, 2.45) is 0 Å². The number of aromatic nitrogens is 1. The maximum absolute atomic E-state index is 12.3. The molecule has 1 N–H and O–H groups in total. The third kappa shape index (κ3) is 1.26. The zero-order valence-electron chi connectivity index (χ0n) is 4.58. The van der Waals surface area contributed by atoms with E-state index in [0.717, 1.165) is 0 Å². The summed E-state index contributed by atoms with van der Waals surface area (Å²) < 4.78 is 12.3. The predicted molar refractivity (Wildman–Crippen MR) is 31.8 cm³/mol. The molecule has 45 valence electrons. The molecule has 0 aliphatic carbocycles. The van der Waals surface area contributed by atoms with Crippen molar-refractivity contribution in [2.75, 3.05) is 0 Å². The van der Waals surface area contributed by atoms with Gasteiger partial charge in [-0.3, -0.25) is 0 Å². The summed E-state index contributed by atoms with van der Waals surface area (Å²) in [5.41, 5.74) is 0.109. The number of nitrogens with zero attached hydrogens (tertiary/aromatic N) is 1. The highest BCUT2D eigenvalue weighted by Gasteiger charge is 1.99. The van der Waals surface area contributed by atoms with E-state index in [9.17, 15) is 4.39 Å². The van der Waals surface area contributed by atoms with Gasteiger partial charge < -0.3 is 5.02 Å². The van der Waals surface area contributed by atoms with Crippen molar-refractivity contribution in [1.29, 1.82) is 0 Å². The highest BCUT2D eigenvalue weighted by molar-refractivity contribution is 6.45. The average molecular weight is 124 g/mol. The van der Waals surface area contributed by atoms with E-state index in [1.54, 1.807) is 6.07 Å². The SMILES string of the molecule is O[B]c1cccnc1F. The van der Waals surface area contributed by atoms with Gasteiger partial charge in [-0.05, 0) is 6.07 Å². The van der Waals surface area contributed by atoms with Gasteiger partial charge in [0.2, 0.25) is 5.95 Å². The second-order valence-corrected chi connectivity index (χ2v) is 1.51. The summed E-state index contributed by atoms with van der Waals surface area (Å²) in [6.45, 7) is 0. The van der Waals surface area contributed by atoms with Gasteiger partial charge in [0.15, 0.2) is 0 Å². The van der Waals surface area contributed by atoms with Crippen LogP contribution in [0.5, 0.6) is 0 Å². The molecule has 0 saturated heterocycles. The van der Waals surface area contributed by atoms with Crippen LogP contribution in [-0.2, 0) is 0 Å². The fourth-order valence-corrected chi connectivity index (χ4v) is 0.495. The molecule has 1 rings (SSSR count). The van der Waals surface area contributed by atoms with Crippen molar-refractivity contribution < 1.29 is 9.41 Å². The van der Waals surface area contributed by atoms with Gasteiger partial charge in [0.1, 0.15) is 0 Å². The molecule has 0 fully saturated rings. The third-order valence-corrected chi connectivity index (χ3v) is 0.927. The monoisotopic (exact) mass is 124 g/mol. The number of hydrogen-bond acceptors (Lipinski definition) is 2. The number of pyridine rings is 1. The van der Waals surface area contributed by atoms with Crippen molar-refractivity contribution in [3.63, 3.8) is 0 Å². The molecule has 1 heterocycles. The second kappa shape index (κ2) is 2.59. The minimum atomic E-state index is -0.653. The summed E-state index contributed by atoms with van der Waals surface area (Å²) in [4.78, 5) is 3.29. The molecule has 0 unspecified atom stereocenters. The Labute approximate surface area is 52.6 Å². The van der Waals surface area contributed by atoms with Crippen LogP contribution in [0.4, 0.5) is 4.39 Å².